The van der Waals surface area contributed by atoms with Crippen molar-refractivity contribution in [2.75, 3.05) is 0 Å². The van der Waals surface area contributed by atoms with Crippen LogP contribution in [0.25, 0.3) is 0 Å². The van der Waals surface area contributed by atoms with E-state index in [0.717, 1.165) is 5.56 Å². The van der Waals surface area contributed by atoms with Crippen LogP contribution in [0.5, 0.6) is 0 Å². The van der Waals surface area contributed by atoms with Crippen LogP contribution in [0.2, 0.25) is 0 Å². The van der Waals surface area contributed by atoms with E-state index in [9.17, 15) is 0 Å². The van der Waals surface area contributed by atoms with Crippen LogP contribution in [0.15, 0.2) is 10.6 Å². The van der Waals surface area contributed by atoms with Gasteiger partial charge in [-0.25, -0.2) is 0 Å². The van der Waals surface area contributed by atoms with Gasteiger partial charge in [-0.2, -0.15) is 4.98 Å². The van der Waals surface area contributed by atoms with Crippen LogP contribution in [-0.2, 0) is 5.41 Å². The summed E-state index contributed by atoms with van der Waals surface area (Å²) in [4.78, 5) is 6.87. The largest absolute Gasteiger partial charge is 0.339 e. The van der Waals surface area contributed by atoms with E-state index >= 15 is 0 Å². The summed E-state index contributed by atoms with van der Waals surface area (Å²) in [6, 6.07) is 1.78. The smallest absolute Gasteiger partial charge is 0.232 e. The summed E-state index contributed by atoms with van der Waals surface area (Å²) in [5, 5.41) is 4.00. The topological polar surface area (TPSA) is 64.9 Å². The van der Waals surface area contributed by atoms with Crippen LogP contribution >= 0.6 is 11.3 Å². The maximum atomic E-state index is 6.21. The third-order valence-electron chi connectivity index (χ3n) is 2.78. The fraction of sp³-hybridized carbons (Fsp3) is 0.538. The average Bonchev–Trinajstić information content (AvgIpc) is 2.83. The molecule has 1 unspecified atom stereocenters. The second-order valence-electron chi connectivity index (χ2n) is 5.55. The molecule has 1 atom stereocenters. The van der Waals surface area contributed by atoms with Gasteiger partial charge in [0.2, 0.25) is 5.89 Å². The number of nitrogens with zero attached hydrogens (tertiary/aromatic N) is 2. The van der Waals surface area contributed by atoms with E-state index in [0.29, 0.717) is 11.7 Å². The molecule has 98 valence electrons. The summed E-state index contributed by atoms with van der Waals surface area (Å²) in [7, 11) is 0. The van der Waals surface area contributed by atoms with Gasteiger partial charge in [0.05, 0.1) is 6.04 Å². The van der Waals surface area contributed by atoms with E-state index in [-0.39, 0.29) is 11.5 Å². The molecule has 0 saturated heterocycles. The van der Waals surface area contributed by atoms with Gasteiger partial charge in [0.1, 0.15) is 0 Å². The molecule has 0 spiro atoms. The Balaban J connectivity index is 2.32. The van der Waals surface area contributed by atoms with Crippen LogP contribution in [0.3, 0.4) is 0 Å². The molecule has 0 radical (unpaired) electrons. The van der Waals surface area contributed by atoms with Crippen LogP contribution in [0, 0.1) is 13.8 Å². The molecule has 0 aromatic carbocycles. The molecule has 5 heteroatoms. The summed E-state index contributed by atoms with van der Waals surface area (Å²) in [5.74, 6) is 1.18. The lowest BCUT2D eigenvalue weighted by molar-refractivity contribution is 0.317. The Labute approximate surface area is 111 Å². The van der Waals surface area contributed by atoms with Crippen molar-refractivity contribution in [1.82, 2.24) is 10.1 Å². The highest BCUT2D eigenvalue weighted by molar-refractivity contribution is 7.12. The van der Waals surface area contributed by atoms with E-state index in [1.807, 2.05) is 20.8 Å². The van der Waals surface area contributed by atoms with Crippen molar-refractivity contribution in [3.63, 3.8) is 0 Å². The first-order valence-electron chi connectivity index (χ1n) is 5.95. The first kappa shape index (κ1) is 13.2. The van der Waals surface area contributed by atoms with E-state index in [1.54, 1.807) is 11.3 Å². The third-order valence-corrected chi connectivity index (χ3v) is 3.76. The Bertz CT molecular complexity index is 551. The fourth-order valence-corrected chi connectivity index (χ4v) is 2.74. The summed E-state index contributed by atoms with van der Waals surface area (Å²) < 4.78 is 5.28. The normalized spacial score (nSPS) is 13.9. The van der Waals surface area contributed by atoms with E-state index in [2.05, 4.69) is 30.1 Å². The zero-order valence-electron chi connectivity index (χ0n) is 11.4. The lowest BCUT2D eigenvalue weighted by atomic mass is 9.97. The SMILES string of the molecule is Cc1cc(C(N)c2noc(C(C)(C)C)n2)c(C)s1. The maximum Gasteiger partial charge on any atom is 0.232 e. The average molecular weight is 265 g/mol. The van der Waals surface area contributed by atoms with E-state index in [1.165, 1.54) is 9.75 Å². The Morgan fingerprint density at radius 3 is 2.44 bits per heavy atom. The van der Waals surface area contributed by atoms with Gasteiger partial charge in [-0.05, 0) is 25.5 Å². The van der Waals surface area contributed by atoms with Crippen molar-refractivity contribution in [1.29, 1.82) is 0 Å². The molecule has 2 aromatic rings. The van der Waals surface area contributed by atoms with Crippen LogP contribution < -0.4 is 5.73 Å². The molecular formula is C13H19N3OS. The summed E-state index contributed by atoms with van der Waals surface area (Å²) >= 11 is 1.74. The molecular weight excluding hydrogens is 246 g/mol. The molecule has 0 saturated carbocycles. The standard InChI is InChI=1S/C13H19N3OS/c1-7-6-9(8(2)18-7)10(14)11-15-12(17-16-11)13(3,4)5/h6,10H,14H2,1-5H3. The maximum absolute atomic E-state index is 6.21. The van der Waals surface area contributed by atoms with Crippen molar-refractivity contribution in [3.8, 4) is 0 Å². The van der Waals surface area contributed by atoms with E-state index < -0.39 is 0 Å². The highest BCUT2D eigenvalue weighted by Crippen LogP contribution is 2.29. The monoisotopic (exact) mass is 265 g/mol. The zero-order valence-corrected chi connectivity index (χ0v) is 12.3. The Kier molecular flexibility index (Phi) is 3.29. The van der Waals surface area contributed by atoms with Crippen molar-refractivity contribution in [2.45, 2.75) is 46.1 Å². The van der Waals surface area contributed by atoms with Crippen molar-refractivity contribution in [3.05, 3.63) is 33.1 Å². The molecule has 2 heterocycles. The molecule has 0 amide bonds. The molecule has 0 bridgehead atoms. The lowest BCUT2D eigenvalue weighted by Crippen LogP contribution is -2.15. The zero-order chi connectivity index (χ0) is 13.5. The fourth-order valence-electron chi connectivity index (χ4n) is 1.76. The van der Waals surface area contributed by atoms with Crippen molar-refractivity contribution >= 4 is 11.3 Å². The van der Waals surface area contributed by atoms with E-state index in [4.69, 9.17) is 10.3 Å². The minimum atomic E-state index is -0.310. The highest BCUT2D eigenvalue weighted by Gasteiger charge is 2.25. The summed E-state index contributed by atoms with van der Waals surface area (Å²) in [6.45, 7) is 10.3. The van der Waals surface area contributed by atoms with Crippen LogP contribution in [-0.4, -0.2) is 10.1 Å². The molecule has 2 aromatic heterocycles. The van der Waals surface area contributed by atoms with Gasteiger partial charge in [0.25, 0.3) is 0 Å². The first-order valence-corrected chi connectivity index (χ1v) is 6.77. The van der Waals surface area contributed by atoms with Gasteiger partial charge < -0.3 is 10.3 Å². The van der Waals surface area contributed by atoms with Crippen molar-refractivity contribution in [2.24, 2.45) is 5.73 Å². The Morgan fingerprint density at radius 1 is 1.33 bits per heavy atom. The summed E-state index contributed by atoms with van der Waals surface area (Å²) in [5.41, 5.74) is 7.14. The van der Waals surface area contributed by atoms with Gasteiger partial charge in [-0.1, -0.05) is 25.9 Å². The summed E-state index contributed by atoms with van der Waals surface area (Å²) in [6.07, 6.45) is 0. The lowest BCUT2D eigenvalue weighted by Gasteiger charge is -2.11. The molecule has 18 heavy (non-hydrogen) atoms. The van der Waals surface area contributed by atoms with Gasteiger partial charge in [-0.3, -0.25) is 0 Å². The molecule has 0 aliphatic carbocycles. The number of rotatable bonds is 2. The quantitative estimate of drug-likeness (QED) is 0.906. The predicted molar refractivity (Wildman–Crippen MR) is 72.8 cm³/mol. The van der Waals surface area contributed by atoms with Crippen molar-refractivity contribution < 1.29 is 4.52 Å². The predicted octanol–water partition coefficient (Wildman–Crippen LogP) is 3.09. The number of hydrogen-bond acceptors (Lipinski definition) is 5. The molecule has 0 fully saturated rings. The molecule has 2 N–H and O–H groups in total. The van der Waals surface area contributed by atoms with Crippen LogP contribution in [0.1, 0.15) is 53.8 Å². The minimum absolute atomic E-state index is 0.148. The minimum Gasteiger partial charge on any atom is -0.339 e. The number of hydrogen-bond donors (Lipinski definition) is 1. The molecule has 0 aliphatic rings. The Hall–Kier alpha value is -1.20. The third kappa shape index (κ3) is 2.47. The Morgan fingerprint density at radius 2 is 2.00 bits per heavy atom. The number of aryl methyl sites for hydroxylation is 2. The molecule has 4 nitrogen and oxygen atoms in total. The number of thiophene rings is 1. The molecule has 0 aliphatic heterocycles. The van der Waals surface area contributed by atoms with Crippen LogP contribution in [0.4, 0.5) is 0 Å². The second kappa shape index (κ2) is 4.48. The number of aromatic nitrogens is 2. The van der Waals surface area contributed by atoms with Gasteiger partial charge in [0, 0.05) is 15.2 Å². The van der Waals surface area contributed by atoms with Gasteiger partial charge >= 0.3 is 0 Å². The highest BCUT2D eigenvalue weighted by atomic mass is 32.1. The van der Waals surface area contributed by atoms with Gasteiger partial charge in [-0.15, -0.1) is 11.3 Å². The first-order chi connectivity index (χ1) is 8.29. The van der Waals surface area contributed by atoms with Gasteiger partial charge in [0.15, 0.2) is 5.82 Å². The molecule has 2 rings (SSSR count). The number of nitrogens with two attached hydrogens (primary N) is 1. The second-order valence-corrected chi connectivity index (χ2v) is 7.01.